The second-order valence-corrected chi connectivity index (χ2v) is 8.21. The zero-order chi connectivity index (χ0) is 23.3. The van der Waals surface area contributed by atoms with Gasteiger partial charge in [-0.25, -0.2) is 4.98 Å². The van der Waals surface area contributed by atoms with Crippen LogP contribution < -0.4 is 4.74 Å². The van der Waals surface area contributed by atoms with Gasteiger partial charge >= 0.3 is 0 Å². The zero-order valence-corrected chi connectivity index (χ0v) is 19.0. The summed E-state index contributed by atoms with van der Waals surface area (Å²) in [6.45, 7) is 2.57. The predicted octanol–water partition coefficient (Wildman–Crippen LogP) is 6.31. The summed E-state index contributed by atoms with van der Waals surface area (Å²) in [5.74, 6) is 2.19. The lowest BCUT2D eigenvalue weighted by Crippen LogP contribution is -2.02. The van der Waals surface area contributed by atoms with Crippen molar-refractivity contribution in [3.63, 3.8) is 0 Å². The Morgan fingerprint density at radius 2 is 1.71 bits per heavy atom. The standard InChI is InChI=1S/C28H25N3O3/c1-20(32)9-8-16-31-26-17-24(15-14-23(26)18-29-31)33-19-25-27(21-10-4-2-5-11-21)34-28(30-25)22-12-6-3-7-13-22/h2-7,10-15,17-18H,8-9,16,19H2,1H3. The molecule has 2 heterocycles. The Hall–Kier alpha value is -4.19. The maximum absolute atomic E-state index is 11.3. The lowest BCUT2D eigenvalue weighted by atomic mass is 10.1. The number of aryl methyl sites for hydroxylation is 1. The highest BCUT2D eigenvalue weighted by Gasteiger charge is 2.17. The van der Waals surface area contributed by atoms with Crippen LogP contribution in [0.1, 0.15) is 25.5 Å². The molecule has 0 spiro atoms. The Bertz CT molecular complexity index is 1410. The molecule has 0 aliphatic rings. The van der Waals surface area contributed by atoms with E-state index in [1.54, 1.807) is 6.92 Å². The minimum atomic E-state index is 0.192. The highest BCUT2D eigenvalue weighted by molar-refractivity contribution is 5.80. The van der Waals surface area contributed by atoms with Gasteiger partial charge in [-0.1, -0.05) is 48.5 Å². The molecule has 0 aliphatic carbocycles. The molecule has 6 heteroatoms. The van der Waals surface area contributed by atoms with E-state index in [1.807, 2.05) is 89.7 Å². The van der Waals surface area contributed by atoms with E-state index < -0.39 is 0 Å². The summed E-state index contributed by atoms with van der Waals surface area (Å²) in [4.78, 5) is 16.0. The van der Waals surface area contributed by atoms with Gasteiger partial charge in [0.05, 0.1) is 11.7 Å². The first-order chi connectivity index (χ1) is 16.7. The molecule has 3 aromatic carbocycles. The van der Waals surface area contributed by atoms with Crippen molar-refractivity contribution in [3.05, 3.63) is 90.8 Å². The molecular weight excluding hydrogens is 426 g/mol. The van der Waals surface area contributed by atoms with Gasteiger partial charge in [0.25, 0.3) is 0 Å². The molecule has 5 rings (SSSR count). The van der Waals surface area contributed by atoms with Gasteiger partial charge in [-0.05, 0) is 37.6 Å². The Morgan fingerprint density at radius 3 is 2.44 bits per heavy atom. The topological polar surface area (TPSA) is 70.2 Å². The summed E-state index contributed by atoms with van der Waals surface area (Å²) in [5.41, 5.74) is 3.59. The van der Waals surface area contributed by atoms with Gasteiger partial charge < -0.3 is 13.9 Å². The van der Waals surface area contributed by atoms with Gasteiger partial charge in [-0.2, -0.15) is 5.10 Å². The summed E-state index contributed by atoms with van der Waals surface area (Å²) >= 11 is 0. The first kappa shape index (κ1) is 21.6. The molecule has 34 heavy (non-hydrogen) atoms. The number of ketones is 1. The summed E-state index contributed by atoms with van der Waals surface area (Å²) < 4.78 is 14.3. The number of hydrogen-bond donors (Lipinski definition) is 0. The van der Waals surface area contributed by atoms with Crippen LogP contribution in [0.4, 0.5) is 0 Å². The van der Waals surface area contributed by atoms with E-state index in [0.29, 0.717) is 24.6 Å². The van der Waals surface area contributed by atoms with Crippen LogP contribution in [-0.4, -0.2) is 20.5 Å². The zero-order valence-electron chi connectivity index (χ0n) is 19.0. The van der Waals surface area contributed by atoms with E-state index in [4.69, 9.17) is 14.1 Å². The summed E-state index contributed by atoms with van der Waals surface area (Å²) in [7, 11) is 0. The fourth-order valence-electron chi connectivity index (χ4n) is 3.92. The number of aromatic nitrogens is 3. The molecule has 0 fully saturated rings. The maximum atomic E-state index is 11.3. The fraction of sp³-hybridized carbons (Fsp3) is 0.179. The van der Waals surface area contributed by atoms with Crippen LogP contribution in [0.25, 0.3) is 33.7 Å². The Morgan fingerprint density at radius 1 is 0.971 bits per heavy atom. The third-order valence-electron chi connectivity index (χ3n) is 5.64. The molecule has 0 atom stereocenters. The predicted molar refractivity (Wildman–Crippen MR) is 131 cm³/mol. The third kappa shape index (κ3) is 4.76. The quantitative estimate of drug-likeness (QED) is 0.263. The smallest absolute Gasteiger partial charge is 0.227 e. The van der Waals surface area contributed by atoms with Crippen LogP contribution in [0.3, 0.4) is 0 Å². The van der Waals surface area contributed by atoms with E-state index in [9.17, 15) is 4.79 Å². The van der Waals surface area contributed by atoms with E-state index in [1.165, 1.54) is 0 Å². The molecule has 0 bridgehead atoms. The number of hydrogen-bond acceptors (Lipinski definition) is 5. The number of oxazole rings is 1. The molecule has 5 aromatic rings. The van der Waals surface area contributed by atoms with Crippen molar-refractivity contribution in [3.8, 4) is 28.5 Å². The van der Waals surface area contributed by atoms with Gasteiger partial charge in [0, 0.05) is 35.5 Å². The largest absolute Gasteiger partial charge is 0.487 e. The average molecular weight is 452 g/mol. The van der Waals surface area contributed by atoms with Crippen LogP contribution in [0, 0.1) is 0 Å². The number of benzene rings is 3. The number of carbonyl (C=O) groups excluding carboxylic acids is 1. The van der Waals surface area contributed by atoms with Gasteiger partial charge in [-0.15, -0.1) is 0 Å². The molecule has 0 N–H and O–H groups in total. The Labute approximate surface area is 197 Å². The molecule has 0 unspecified atom stereocenters. The number of fused-ring (bicyclic) bond motifs is 1. The van der Waals surface area contributed by atoms with E-state index in [2.05, 4.69) is 5.10 Å². The number of nitrogens with zero attached hydrogens (tertiary/aromatic N) is 3. The van der Waals surface area contributed by atoms with Crippen molar-refractivity contribution in [1.82, 2.24) is 14.8 Å². The number of rotatable bonds is 9. The van der Waals surface area contributed by atoms with Crippen molar-refractivity contribution in [2.75, 3.05) is 0 Å². The minimum absolute atomic E-state index is 0.192. The number of Topliss-reactive ketones (excluding diaryl/α,β-unsaturated/α-hetero) is 1. The average Bonchev–Trinajstić information content (AvgIpc) is 3.48. The van der Waals surface area contributed by atoms with Gasteiger partial charge in [0.2, 0.25) is 5.89 Å². The van der Waals surface area contributed by atoms with Gasteiger partial charge in [0.1, 0.15) is 23.8 Å². The highest BCUT2D eigenvalue weighted by atomic mass is 16.5. The molecule has 0 amide bonds. The molecule has 0 saturated carbocycles. The summed E-state index contributed by atoms with van der Waals surface area (Å²) in [6.07, 6.45) is 3.15. The minimum Gasteiger partial charge on any atom is -0.487 e. The van der Waals surface area contributed by atoms with Crippen LogP contribution in [0.2, 0.25) is 0 Å². The molecule has 2 aromatic heterocycles. The summed E-state index contributed by atoms with van der Waals surface area (Å²) in [6, 6.07) is 25.7. The van der Waals surface area contributed by atoms with Crippen molar-refractivity contribution < 1.29 is 13.9 Å². The summed E-state index contributed by atoms with van der Waals surface area (Å²) in [5, 5.41) is 5.50. The molecule has 6 nitrogen and oxygen atoms in total. The maximum Gasteiger partial charge on any atom is 0.227 e. The van der Waals surface area contributed by atoms with Crippen molar-refractivity contribution in [2.45, 2.75) is 32.9 Å². The lowest BCUT2D eigenvalue weighted by molar-refractivity contribution is -0.117. The lowest BCUT2D eigenvalue weighted by Gasteiger charge is -2.07. The molecular formula is C28H25N3O3. The molecule has 0 aliphatic heterocycles. The van der Waals surface area contributed by atoms with Crippen molar-refractivity contribution in [1.29, 1.82) is 0 Å². The third-order valence-corrected chi connectivity index (χ3v) is 5.64. The molecule has 0 radical (unpaired) electrons. The van der Waals surface area contributed by atoms with Crippen LogP contribution in [0.15, 0.2) is 89.5 Å². The normalized spacial score (nSPS) is 11.1. The van der Waals surface area contributed by atoms with Gasteiger partial charge in [0.15, 0.2) is 5.76 Å². The van der Waals surface area contributed by atoms with E-state index in [0.717, 1.165) is 39.9 Å². The monoisotopic (exact) mass is 451 g/mol. The fourth-order valence-corrected chi connectivity index (χ4v) is 3.92. The van der Waals surface area contributed by atoms with Crippen LogP contribution in [0.5, 0.6) is 5.75 Å². The number of ether oxygens (including phenoxy) is 1. The second-order valence-electron chi connectivity index (χ2n) is 8.21. The van der Waals surface area contributed by atoms with Crippen LogP contribution >= 0.6 is 0 Å². The Balaban J connectivity index is 1.40. The van der Waals surface area contributed by atoms with Crippen molar-refractivity contribution >= 4 is 16.7 Å². The van der Waals surface area contributed by atoms with Crippen LogP contribution in [-0.2, 0) is 17.9 Å². The first-order valence-electron chi connectivity index (χ1n) is 11.4. The van der Waals surface area contributed by atoms with E-state index >= 15 is 0 Å². The van der Waals surface area contributed by atoms with Crippen molar-refractivity contribution in [2.24, 2.45) is 0 Å². The van der Waals surface area contributed by atoms with E-state index in [-0.39, 0.29) is 12.4 Å². The SMILES string of the molecule is CC(=O)CCCn1ncc2ccc(OCc3nc(-c4ccccc4)oc3-c3ccccc3)cc21. The Kier molecular flexibility index (Phi) is 6.21. The highest BCUT2D eigenvalue weighted by Crippen LogP contribution is 2.31. The number of carbonyl (C=O) groups is 1. The molecule has 0 saturated heterocycles. The molecule has 170 valence electrons. The second kappa shape index (κ2) is 9.75. The van der Waals surface area contributed by atoms with Gasteiger partial charge in [-0.3, -0.25) is 4.68 Å². The first-order valence-corrected chi connectivity index (χ1v) is 11.4.